The van der Waals surface area contributed by atoms with Crippen molar-refractivity contribution in [1.82, 2.24) is 19.5 Å². The monoisotopic (exact) mass is 477 g/mol. The zero-order chi connectivity index (χ0) is 24.7. The number of aliphatic hydroxyl groups is 1. The molecule has 0 aliphatic rings. The van der Waals surface area contributed by atoms with E-state index in [0.29, 0.717) is 29.4 Å². The number of halogens is 4. The Bertz CT molecular complexity index is 1360. The highest BCUT2D eigenvalue weighted by atomic mass is 19.4. The first kappa shape index (κ1) is 23.4. The van der Waals surface area contributed by atoms with Gasteiger partial charge in [-0.25, -0.2) is 9.37 Å². The van der Waals surface area contributed by atoms with Crippen LogP contribution in [-0.4, -0.2) is 42.3 Å². The fourth-order valence-electron chi connectivity index (χ4n) is 3.17. The highest BCUT2D eigenvalue weighted by molar-refractivity contribution is 6.04. The molecule has 2 N–H and O–H groups in total. The number of alkyl halides is 3. The van der Waals surface area contributed by atoms with Crippen LogP contribution in [0.25, 0.3) is 17.0 Å². The van der Waals surface area contributed by atoms with Crippen LogP contribution in [0.5, 0.6) is 0 Å². The SMILES string of the molecule is Cc1ccc(-c2noc(CCC(C)(O)C(F)(F)F)n2)cc1NC(=O)c1cnc2ccc(F)cn12. The van der Waals surface area contributed by atoms with Crippen molar-refractivity contribution in [2.45, 2.75) is 38.5 Å². The van der Waals surface area contributed by atoms with E-state index in [1.165, 1.54) is 22.7 Å². The molecule has 0 bridgehead atoms. The smallest absolute Gasteiger partial charge is 0.381 e. The Kier molecular flexibility index (Phi) is 5.86. The van der Waals surface area contributed by atoms with Crippen molar-refractivity contribution in [3.05, 3.63) is 65.7 Å². The maximum atomic E-state index is 13.6. The number of amides is 1. The van der Waals surface area contributed by atoms with Crippen LogP contribution >= 0.6 is 0 Å². The number of aryl methyl sites for hydroxylation is 2. The molecule has 12 heteroatoms. The van der Waals surface area contributed by atoms with Crippen molar-refractivity contribution >= 4 is 17.2 Å². The van der Waals surface area contributed by atoms with Gasteiger partial charge in [0.2, 0.25) is 11.7 Å². The van der Waals surface area contributed by atoms with E-state index in [4.69, 9.17) is 4.52 Å². The molecular formula is C22H19F4N5O3. The third-order valence-corrected chi connectivity index (χ3v) is 5.35. The number of nitrogens with zero attached hydrogens (tertiary/aromatic N) is 4. The van der Waals surface area contributed by atoms with Crippen LogP contribution in [0, 0.1) is 12.7 Å². The van der Waals surface area contributed by atoms with Crippen LogP contribution in [0.4, 0.5) is 23.2 Å². The number of aromatic nitrogens is 4. The van der Waals surface area contributed by atoms with E-state index in [-0.39, 0.29) is 23.8 Å². The van der Waals surface area contributed by atoms with Crippen molar-refractivity contribution < 1.29 is 32.0 Å². The predicted molar refractivity (Wildman–Crippen MR) is 113 cm³/mol. The molecule has 1 atom stereocenters. The first-order valence-electron chi connectivity index (χ1n) is 10.1. The molecule has 1 unspecified atom stereocenters. The lowest BCUT2D eigenvalue weighted by molar-refractivity contribution is -0.255. The number of pyridine rings is 1. The fraction of sp³-hybridized carbons (Fsp3) is 0.273. The third-order valence-electron chi connectivity index (χ3n) is 5.35. The van der Waals surface area contributed by atoms with E-state index in [1.54, 1.807) is 25.1 Å². The van der Waals surface area contributed by atoms with Crippen molar-refractivity contribution in [2.24, 2.45) is 0 Å². The summed E-state index contributed by atoms with van der Waals surface area (Å²) in [6.45, 7) is 2.44. The van der Waals surface area contributed by atoms with Crippen molar-refractivity contribution in [3.8, 4) is 11.4 Å². The number of imidazole rings is 1. The van der Waals surface area contributed by atoms with E-state index in [9.17, 15) is 27.5 Å². The van der Waals surface area contributed by atoms with Crippen LogP contribution in [-0.2, 0) is 6.42 Å². The molecule has 0 saturated heterocycles. The van der Waals surface area contributed by atoms with Gasteiger partial charge in [0, 0.05) is 23.9 Å². The van der Waals surface area contributed by atoms with Crippen LogP contribution in [0.1, 0.15) is 35.3 Å². The summed E-state index contributed by atoms with van der Waals surface area (Å²) < 4.78 is 58.4. The Hall–Kier alpha value is -3.80. The lowest BCUT2D eigenvalue weighted by atomic mass is 10.00. The van der Waals surface area contributed by atoms with Gasteiger partial charge in [-0.1, -0.05) is 17.3 Å². The number of benzene rings is 1. The Morgan fingerprint density at radius 2 is 2.00 bits per heavy atom. The Labute approximate surface area is 190 Å². The minimum atomic E-state index is -4.79. The molecule has 4 rings (SSSR count). The van der Waals surface area contributed by atoms with Crippen molar-refractivity contribution in [3.63, 3.8) is 0 Å². The quantitative estimate of drug-likeness (QED) is 0.401. The normalized spacial score (nSPS) is 13.7. The zero-order valence-corrected chi connectivity index (χ0v) is 18.0. The van der Waals surface area contributed by atoms with Gasteiger partial charge >= 0.3 is 6.18 Å². The molecule has 34 heavy (non-hydrogen) atoms. The number of carbonyl (C=O) groups is 1. The van der Waals surface area contributed by atoms with Gasteiger partial charge in [-0.05, 0) is 44.0 Å². The summed E-state index contributed by atoms with van der Waals surface area (Å²) in [6, 6.07) is 7.62. The zero-order valence-electron chi connectivity index (χ0n) is 18.0. The maximum absolute atomic E-state index is 13.6. The van der Waals surface area contributed by atoms with E-state index < -0.39 is 29.9 Å². The first-order chi connectivity index (χ1) is 15.9. The second kappa shape index (κ2) is 8.52. The van der Waals surface area contributed by atoms with E-state index in [0.717, 1.165) is 6.20 Å². The molecular weight excluding hydrogens is 458 g/mol. The van der Waals surface area contributed by atoms with E-state index >= 15 is 0 Å². The summed E-state index contributed by atoms with van der Waals surface area (Å²) in [5.74, 6) is -1.02. The lowest BCUT2D eigenvalue weighted by Gasteiger charge is -2.25. The lowest BCUT2D eigenvalue weighted by Crippen LogP contribution is -2.42. The van der Waals surface area contributed by atoms with Gasteiger partial charge in [0.1, 0.15) is 17.2 Å². The molecule has 0 saturated carbocycles. The Balaban J connectivity index is 1.52. The predicted octanol–water partition coefficient (Wildman–Crippen LogP) is 4.33. The van der Waals surface area contributed by atoms with Gasteiger partial charge < -0.3 is 14.9 Å². The van der Waals surface area contributed by atoms with Crippen LogP contribution in [0.15, 0.2) is 47.2 Å². The number of anilines is 1. The minimum absolute atomic E-state index is 0.0709. The summed E-state index contributed by atoms with van der Waals surface area (Å²) in [5, 5.41) is 16.1. The van der Waals surface area contributed by atoms with Crippen LogP contribution < -0.4 is 5.32 Å². The maximum Gasteiger partial charge on any atom is 0.416 e. The topological polar surface area (TPSA) is 106 Å². The number of rotatable bonds is 6. The molecule has 0 radical (unpaired) electrons. The van der Waals surface area contributed by atoms with Crippen molar-refractivity contribution in [2.75, 3.05) is 5.32 Å². The van der Waals surface area contributed by atoms with Gasteiger partial charge in [0.05, 0.1) is 6.20 Å². The molecule has 0 aliphatic heterocycles. The molecule has 4 aromatic rings. The number of hydrogen-bond acceptors (Lipinski definition) is 6. The van der Waals surface area contributed by atoms with Gasteiger partial charge in [0.25, 0.3) is 5.91 Å². The largest absolute Gasteiger partial charge is 0.416 e. The Morgan fingerprint density at radius 3 is 2.74 bits per heavy atom. The summed E-state index contributed by atoms with van der Waals surface area (Å²) in [7, 11) is 0. The number of nitrogens with one attached hydrogen (secondary N) is 1. The molecule has 8 nitrogen and oxygen atoms in total. The highest BCUT2D eigenvalue weighted by Gasteiger charge is 2.49. The molecule has 3 aromatic heterocycles. The molecule has 0 aliphatic carbocycles. The molecule has 178 valence electrons. The third kappa shape index (κ3) is 4.62. The highest BCUT2D eigenvalue weighted by Crippen LogP contribution is 2.33. The minimum Gasteiger partial charge on any atom is -0.381 e. The summed E-state index contributed by atoms with van der Waals surface area (Å²) in [4.78, 5) is 21.0. The van der Waals surface area contributed by atoms with E-state index in [1.807, 2.05) is 0 Å². The van der Waals surface area contributed by atoms with Crippen molar-refractivity contribution in [1.29, 1.82) is 0 Å². The van der Waals surface area contributed by atoms with Gasteiger partial charge in [-0.2, -0.15) is 18.2 Å². The average molecular weight is 477 g/mol. The Morgan fingerprint density at radius 1 is 1.24 bits per heavy atom. The standard InChI is InChI=1S/C22H19F4N5O3/c1-12-3-4-13(19-29-18(34-30-19)7-8-21(2,33)22(24,25)26)9-15(12)28-20(32)16-10-27-17-6-5-14(23)11-31(16)17/h3-6,9-11,33H,7-8H2,1-2H3,(H,28,32). The van der Waals surface area contributed by atoms with Gasteiger partial charge in [-0.15, -0.1) is 0 Å². The average Bonchev–Trinajstić information content (AvgIpc) is 3.40. The van der Waals surface area contributed by atoms with Crippen LogP contribution in [0.3, 0.4) is 0 Å². The first-order valence-corrected chi connectivity index (χ1v) is 10.1. The second-order valence-electron chi connectivity index (χ2n) is 7.99. The molecule has 1 amide bonds. The fourth-order valence-corrected chi connectivity index (χ4v) is 3.17. The van der Waals surface area contributed by atoms with Gasteiger partial charge in [-0.3, -0.25) is 9.20 Å². The molecule has 1 aromatic carbocycles. The molecule has 0 spiro atoms. The second-order valence-corrected chi connectivity index (χ2v) is 7.99. The summed E-state index contributed by atoms with van der Waals surface area (Å²) in [6.07, 6.45) is -3.23. The molecule has 0 fully saturated rings. The van der Waals surface area contributed by atoms with E-state index in [2.05, 4.69) is 20.4 Å². The summed E-state index contributed by atoms with van der Waals surface area (Å²) >= 11 is 0. The number of hydrogen-bond donors (Lipinski definition) is 2. The van der Waals surface area contributed by atoms with Crippen LogP contribution in [0.2, 0.25) is 0 Å². The number of carbonyl (C=O) groups excluding carboxylic acids is 1. The molecule has 3 heterocycles. The van der Waals surface area contributed by atoms with Gasteiger partial charge in [0.15, 0.2) is 5.60 Å². The number of fused-ring (bicyclic) bond motifs is 1. The summed E-state index contributed by atoms with van der Waals surface area (Å²) in [5.41, 5.74) is -0.785.